The maximum absolute atomic E-state index is 14.2. The highest BCUT2D eigenvalue weighted by molar-refractivity contribution is 5.99. The summed E-state index contributed by atoms with van der Waals surface area (Å²) in [6.07, 6.45) is 1.81. The van der Waals surface area contributed by atoms with Crippen LogP contribution in [0.1, 0.15) is 54.2 Å². The van der Waals surface area contributed by atoms with Gasteiger partial charge in [-0.15, -0.1) is 0 Å². The van der Waals surface area contributed by atoms with Gasteiger partial charge in [0.05, 0.1) is 12.6 Å². The van der Waals surface area contributed by atoms with Crippen molar-refractivity contribution < 1.29 is 18.4 Å². The van der Waals surface area contributed by atoms with Crippen LogP contribution in [-0.2, 0) is 19.6 Å². The number of nitrogens with zero attached hydrogens (tertiary/aromatic N) is 3. The minimum absolute atomic E-state index is 0.256. The van der Waals surface area contributed by atoms with E-state index in [0.717, 1.165) is 57.7 Å². The largest absolute Gasteiger partial charge is 0.494 e. The molecule has 0 bridgehead atoms. The van der Waals surface area contributed by atoms with Crippen molar-refractivity contribution in [1.82, 2.24) is 19.7 Å². The molecule has 0 amide bonds. The first-order chi connectivity index (χ1) is 19.0. The highest BCUT2D eigenvalue weighted by atomic mass is 19.1. The molecule has 1 aliphatic heterocycles. The van der Waals surface area contributed by atoms with Crippen molar-refractivity contribution in [3.63, 3.8) is 0 Å². The van der Waals surface area contributed by atoms with E-state index < -0.39 is 11.6 Å². The van der Waals surface area contributed by atoms with Gasteiger partial charge >= 0.3 is 5.76 Å². The van der Waals surface area contributed by atoms with Gasteiger partial charge < -0.3 is 14.0 Å². The number of imidazole rings is 1. The minimum Gasteiger partial charge on any atom is -0.494 e. The van der Waals surface area contributed by atoms with Crippen molar-refractivity contribution in [3.8, 4) is 11.5 Å². The fourth-order valence-corrected chi connectivity index (χ4v) is 5.25. The molecule has 6 rings (SSSR count). The van der Waals surface area contributed by atoms with Crippen LogP contribution in [0, 0.1) is 5.82 Å². The van der Waals surface area contributed by atoms with E-state index in [0.29, 0.717) is 29.3 Å². The third-order valence-corrected chi connectivity index (χ3v) is 7.06. The number of allylic oxidation sites excluding steroid dienone is 1. The molecule has 5 aromatic rings. The van der Waals surface area contributed by atoms with Crippen LogP contribution in [-0.4, -0.2) is 26.8 Å². The Hall–Kier alpha value is -4.66. The smallest absolute Gasteiger partial charge is 0.439 e. The quantitative estimate of drug-likeness (QED) is 0.304. The lowest BCUT2D eigenvalue weighted by molar-refractivity contribution is 0.305. The number of fused-ring (bicyclic) bond motifs is 3. The highest BCUT2D eigenvalue weighted by Crippen LogP contribution is 2.41. The minimum atomic E-state index is -0.642. The standard InChI is InChI=1S/C30H27FN4O4/c1-4-6-26-32-28-23(7-5-8-24(28)37-3)35(26)15-18-9-11-21-19(13-18)16-38-25-14-20(31)10-12-22(25)27(21)17(2)29-33-30(36)39-34-29/h5,7-14H,4,6,15-16H2,1-3H3,(H,33,34,36)/b27-17-. The second-order valence-electron chi connectivity index (χ2n) is 9.56. The number of aromatic nitrogens is 4. The Kier molecular flexibility index (Phi) is 6.26. The van der Waals surface area contributed by atoms with Crippen molar-refractivity contribution in [3.05, 3.63) is 105 Å². The number of hydrogen-bond donors (Lipinski definition) is 1. The predicted molar refractivity (Wildman–Crippen MR) is 145 cm³/mol. The molecule has 3 aromatic carbocycles. The predicted octanol–water partition coefficient (Wildman–Crippen LogP) is 5.73. The summed E-state index contributed by atoms with van der Waals surface area (Å²) in [5, 5.41) is 3.89. The van der Waals surface area contributed by atoms with Crippen LogP contribution in [0.5, 0.6) is 11.5 Å². The van der Waals surface area contributed by atoms with Crippen molar-refractivity contribution in [2.75, 3.05) is 7.11 Å². The van der Waals surface area contributed by atoms with E-state index >= 15 is 0 Å². The van der Waals surface area contributed by atoms with Gasteiger partial charge in [-0.1, -0.05) is 30.3 Å². The Morgan fingerprint density at radius 3 is 2.77 bits per heavy atom. The number of methoxy groups -OCH3 is 1. The summed E-state index contributed by atoms with van der Waals surface area (Å²) in [6, 6.07) is 16.7. The molecule has 0 radical (unpaired) electrons. The molecule has 8 nitrogen and oxygen atoms in total. The van der Waals surface area contributed by atoms with Gasteiger partial charge in [-0.3, -0.25) is 9.51 Å². The molecule has 0 fully saturated rings. The number of para-hydroxylation sites is 1. The molecule has 0 atom stereocenters. The number of benzene rings is 3. The number of aromatic amines is 1. The third-order valence-electron chi connectivity index (χ3n) is 7.06. The van der Waals surface area contributed by atoms with Crippen LogP contribution >= 0.6 is 0 Å². The number of H-pyrrole nitrogens is 1. The van der Waals surface area contributed by atoms with Crippen LogP contribution < -0.4 is 15.2 Å². The molecule has 2 aromatic heterocycles. The number of hydrogen-bond acceptors (Lipinski definition) is 6. The van der Waals surface area contributed by atoms with Crippen LogP contribution in [0.3, 0.4) is 0 Å². The van der Waals surface area contributed by atoms with Gasteiger partial charge in [0.25, 0.3) is 0 Å². The van der Waals surface area contributed by atoms with Crippen molar-refractivity contribution in [2.45, 2.75) is 39.8 Å². The lowest BCUT2D eigenvalue weighted by Gasteiger charge is -2.15. The normalized spacial score (nSPS) is 13.9. The van der Waals surface area contributed by atoms with Gasteiger partial charge in [-0.2, -0.15) is 0 Å². The van der Waals surface area contributed by atoms with Crippen LogP contribution in [0.2, 0.25) is 0 Å². The summed E-state index contributed by atoms with van der Waals surface area (Å²) in [6.45, 7) is 4.86. The van der Waals surface area contributed by atoms with Gasteiger partial charge in [-0.25, -0.2) is 14.2 Å². The fraction of sp³-hybridized carbons (Fsp3) is 0.233. The van der Waals surface area contributed by atoms with Gasteiger partial charge in [0.2, 0.25) is 0 Å². The molecule has 1 aliphatic rings. The topological polar surface area (TPSA) is 95.2 Å². The van der Waals surface area contributed by atoms with Gasteiger partial charge in [0.1, 0.15) is 35.3 Å². The lowest BCUT2D eigenvalue weighted by Crippen LogP contribution is -2.07. The zero-order valence-corrected chi connectivity index (χ0v) is 21.9. The van der Waals surface area contributed by atoms with Crippen LogP contribution in [0.25, 0.3) is 22.2 Å². The second kappa shape index (κ2) is 9.90. The summed E-state index contributed by atoms with van der Waals surface area (Å²) in [4.78, 5) is 19.2. The van der Waals surface area contributed by atoms with E-state index in [1.807, 2.05) is 25.1 Å². The summed E-state index contributed by atoms with van der Waals surface area (Å²) < 4.78 is 32.8. The molecule has 0 saturated heterocycles. The molecule has 0 unspecified atom stereocenters. The molecule has 0 saturated carbocycles. The lowest BCUT2D eigenvalue weighted by atomic mass is 9.89. The molecule has 39 heavy (non-hydrogen) atoms. The van der Waals surface area contributed by atoms with E-state index in [1.165, 1.54) is 12.1 Å². The Balaban J connectivity index is 1.48. The molecule has 0 aliphatic carbocycles. The SMILES string of the molecule is CCCc1nc2c(OC)cccc2n1Cc1ccc2c(c1)COc1cc(F)ccc1/C2=C(/C)c1noc(=O)[nH]1. The monoisotopic (exact) mass is 526 g/mol. The Morgan fingerprint density at radius 2 is 2.00 bits per heavy atom. The van der Waals surface area contributed by atoms with E-state index in [4.69, 9.17) is 19.0 Å². The number of rotatable bonds is 6. The summed E-state index contributed by atoms with van der Waals surface area (Å²) in [5.41, 5.74) is 6.96. The zero-order valence-electron chi connectivity index (χ0n) is 21.9. The number of aryl methyl sites for hydroxylation is 1. The number of ether oxygens (including phenoxy) is 2. The third kappa shape index (κ3) is 4.39. The Bertz CT molecular complexity index is 1800. The van der Waals surface area contributed by atoms with Gasteiger partial charge in [0.15, 0.2) is 5.82 Å². The molecular weight excluding hydrogens is 499 g/mol. The average Bonchev–Trinajstić information content (AvgIpc) is 3.48. The van der Waals surface area contributed by atoms with Crippen molar-refractivity contribution >= 4 is 22.2 Å². The van der Waals surface area contributed by atoms with Crippen LogP contribution in [0.15, 0.2) is 63.9 Å². The maximum atomic E-state index is 14.2. The second-order valence-corrected chi connectivity index (χ2v) is 9.56. The molecule has 3 heterocycles. The van der Waals surface area contributed by atoms with E-state index in [2.05, 4.69) is 39.8 Å². The first-order valence-corrected chi connectivity index (χ1v) is 12.8. The number of halogens is 1. The van der Waals surface area contributed by atoms with Crippen molar-refractivity contribution in [2.24, 2.45) is 0 Å². The average molecular weight is 527 g/mol. The summed E-state index contributed by atoms with van der Waals surface area (Å²) in [5.74, 6) is 1.45. The molecule has 0 spiro atoms. The number of nitrogens with one attached hydrogen (secondary N) is 1. The fourth-order valence-electron chi connectivity index (χ4n) is 5.25. The van der Waals surface area contributed by atoms with E-state index in [9.17, 15) is 9.18 Å². The van der Waals surface area contributed by atoms with E-state index in [-0.39, 0.29) is 6.61 Å². The molecule has 9 heteroatoms. The highest BCUT2D eigenvalue weighted by Gasteiger charge is 2.24. The van der Waals surface area contributed by atoms with Crippen molar-refractivity contribution in [1.29, 1.82) is 0 Å². The van der Waals surface area contributed by atoms with Gasteiger partial charge in [0, 0.05) is 30.2 Å². The van der Waals surface area contributed by atoms with E-state index in [1.54, 1.807) is 13.2 Å². The first kappa shape index (κ1) is 24.7. The maximum Gasteiger partial charge on any atom is 0.439 e. The first-order valence-electron chi connectivity index (χ1n) is 12.8. The van der Waals surface area contributed by atoms with Crippen LogP contribution in [0.4, 0.5) is 4.39 Å². The molecule has 198 valence electrons. The van der Waals surface area contributed by atoms with Gasteiger partial charge in [-0.05, 0) is 65.9 Å². The summed E-state index contributed by atoms with van der Waals surface area (Å²) >= 11 is 0. The summed E-state index contributed by atoms with van der Waals surface area (Å²) in [7, 11) is 1.66. The Morgan fingerprint density at radius 1 is 1.15 bits per heavy atom. The zero-order chi connectivity index (χ0) is 27.1. The molecule has 1 N–H and O–H groups in total. The molecular formula is C30H27FN4O4. The Labute approximate surface area is 223 Å².